The Bertz CT molecular complexity index is 1710. The highest BCUT2D eigenvalue weighted by Gasteiger charge is 2.45. The van der Waals surface area contributed by atoms with E-state index in [2.05, 4.69) is 36.6 Å². The van der Waals surface area contributed by atoms with Crippen molar-refractivity contribution in [3.05, 3.63) is 60.2 Å². The van der Waals surface area contributed by atoms with Gasteiger partial charge in [0.05, 0.1) is 24.2 Å². The van der Waals surface area contributed by atoms with Crippen LogP contribution in [0.15, 0.2) is 48.9 Å². The second-order valence-electron chi connectivity index (χ2n) is 16.0. The molecule has 0 bridgehead atoms. The molecule has 296 valence electrons. The number of benzene rings is 1. The number of amides is 6. The average Bonchev–Trinajstić information content (AvgIpc) is 3.90. The average molecular weight is 759 g/mol. The second kappa shape index (κ2) is 18.4. The Balaban J connectivity index is 1.36. The van der Waals surface area contributed by atoms with Crippen LogP contribution in [0.1, 0.15) is 106 Å². The standard InChI is InChI=1S/C40H54N8O7/c1-5-12-28(32(49)37(53)43-26-17-18-26)44-34(50)27-22-48(39(55)25-15-10-7-11-16-25)23-30(27)45-38(54)33(40(2,3)4)47-36(52)31(24-13-8-6-9-14-24)46-35(51)29-21-41-19-20-42-29/h7,10-11,15-16,19-21,24,26-28,30-31,33H,5-6,8-9,12-14,17-18,22-23H2,1-4H3,(H,43,53)(H,44,50)(H,45,54)(H,46,51)(H,47,52)/t27-,28?,30?,31+,33?/m1/s1. The first-order valence-corrected chi connectivity index (χ1v) is 19.4. The third kappa shape index (κ3) is 10.9. The van der Waals surface area contributed by atoms with Gasteiger partial charge >= 0.3 is 0 Å². The maximum absolute atomic E-state index is 14.3. The van der Waals surface area contributed by atoms with Gasteiger partial charge in [-0.25, -0.2) is 4.98 Å². The van der Waals surface area contributed by atoms with Crippen molar-refractivity contribution in [3.63, 3.8) is 0 Å². The summed E-state index contributed by atoms with van der Waals surface area (Å²) in [7, 11) is 0. The van der Waals surface area contributed by atoms with Gasteiger partial charge in [0.15, 0.2) is 0 Å². The minimum atomic E-state index is -1.11. The van der Waals surface area contributed by atoms with Crippen molar-refractivity contribution in [1.82, 2.24) is 41.5 Å². The Labute approximate surface area is 321 Å². The molecular weight excluding hydrogens is 704 g/mol. The first kappa shape index (κ1) is 41.0. The van der Waals surface area contributed by atoms with E-state index in [1.165, 1.54) is 23.5 Å². The lowest BCUT2D eigenvalue weighted by molar-refractivity contribution is -0.140. The van der Waals surface area contributed by atoms with Gasteiger partial charge in [0.25, 0.3) is 17.7 Å². The predicted molar refractivity (Wildman–Crippen MR) is 202 cm³/mol. The smallest absolute Gasteiger partial charge is 0.289 e. The Morgan fingerprint density at radius 3 is 2.16 bits per heavy atom. The van der Waals surface area contributed by atoms with Crippen molar-refractivity contribution in [2.45, 2.75) is 116 Å². The van der Waals surface area contributed by atoms with Crippen LogP contribution in [-0.4, -0.2) is 99.4 Å². The number of ketones is 1. The molecule has 55 heavy (non-hydrogen) atoms. The van der Waals surface area contributed by atoms with E-state index in [9.17, 15) is 33.6 Å². The van der Waals surface area contributed by atoms with Gasteiger partial charge in [-0.2, -0.15) is 0 Å². The molecule has 2 saturated carbocycles. The summed E-state index contributed by atoms with van der Waals surface area (Å²) in [5.74, 6) is -5.21. The number of hydrogen-bond donors (Lipinski definition) is 5. The molecule has 2 aromatic rings. The summed E-state index contributed by atoms with van der Waals surface area (Å²) in [6.45, 7) is 7.15. The summed E-state index contributed by atoms with van der Waals surface area (Å²) in [6.07, 6.45) is 10.8. The molecule has 1 aromatic carbocycles. The van der Waals surface area contributed by atoms with E-state index in [0.717, 1.165) is 44.9 Å². The number of nitrogens with one attached hydrogen (secondary N) is 5. The van der Waals surface area contributed by atoms with E-state index in [0.29, 0.717) is 12.0 Å². The summed E-state index contributed by atoms with van der Waals surface area (Å²) in [4.78, 5) is 105. The molecule has 0 spiro atoms. The van der Waals surface area contributed by atoms with Crippen LogP contribution in [0.5, 0.6) is 0 Å². The lowest BCUT2D eigenvalue weighted by Gasteiger charge is -2.35. The first-order valence-electron chi connectivity index (χ1n) is 19.4. The first-order chi connectivity index (χ1) is 26.3. The maximum atomic E-state index is 14.3. The molecule has 15 nitrogen and oxygen atoms in total. The molecule has 5 atom stereocenters. The normalized spacial score (nSPS) is 20.3. The van der Waals surface area contributed by atoms with Crippen molar-refractivity contribution in [1.29, 1.82) is 0 Å². The fourth-order valence-corrected chi connectivity index (χ4v) is 7.29. The number of Topliss-reactive ketones (excluding diaryl/α,β-unsaturated/α-hetero) is 1. The van der Waals surface area contributed by atoms with Crippen LogP contribution >= 0.6 is 0 Å². The third-order valence-electron chi connectivity index (χ3n) is 10.5. The van der Waals surface area contributed by atoms with E-state index in [1.54, 1.807) is 51.1 Å². The quantitative estimate of drug-likeness (QED) is 0.168. The molecule has 3 fully saturated rings. The van der Waals surface area contributed by atoms with E-state index >= 15 is 0 Å². The molecule has 3 unspecified atom stereocenters. The van der Waals surface area contributed by atoms with Crippen LogP contribution in [0.3, 0.4) is 0 Å². The van der Waals surface area contributed by atoms with Crippen LogP contribution in [-0.2, 0) is 24.0 Å². The van der Waals surface area contributed by atoms with Gasteiger partial charge in [-0.05, 0) is 55.6 Å². The molecule has 1 aliphatic heterocycles. The van der Waals surface area contributed by atoms with E-state index in [-0.39, 0.29) is 43.1 Å². The summed E-state index contributed by atoms with van der Waals surface area (Å²) >= 11 is 0. The van der Waals surface area contributed by atoms with Crippen LogP contribution in [0.25, 0.3) is 0 Å². The molecule has 3 aliphatic rings. The fraction of sp³-hybridized carbons (Fsp3) is 0.575. The van der Waals surface area contributed by atoms with E-state index in [1.807, 2.05) is 6.92 Å². The van der Waals surface area contributed by atoms with Crippen molar-refractivity contribution in [3.8, 4) is 0 Å². The van der Waals surface area contributed by atoms with Gasteiger partial charge in [0.2, 0.25) is 23.5 Å². The SMILES string of the molecule is CCCC(NC(=O)[C@@H]1CN(C(=O)c2ccccc2)CC1NC(=O)C(NC(=O)[C@@H](NC(=O)c1cnccn1)C1CCCCC1)C(C)(C)C)C(=O)C(=O)NC1CC1. The number of carbonyl (C=O) groups is 7. The van der Waals surface area contributed by atoms with Crippen LogP contribution in [0, 0.1) is 17.3 Å². The number of aromatic nitrogens is 2. The molecule has 1 saturated heterocycles. The molecule has 15 heteroatoms. The molecule has 2 aliphatic carbocycles. The van der Waals surface area contributed by atoms with Crippen LogP contribution < -0.4 is 26.6 Å². The van der Waals surface area contributed by atoms with E-state index in [4.69, 9.17) is 0 Å². The zero-order valence-electron chi connectivity index (χ0n) is 32.1. The Morgan fingerprint density at radius 2 is 1.55 bits per heavy atom. The number of nitrogens with zero attached hydrogens (tertiary/aromatic N) is 3. The number of hydrogen-bond acceptors (Lipinski definition) is 9. The Hall–Kier alpha value is -5.21. The highest BCUT2D eigenvalue weighted by molar-refractivity contribution is 6.38. The van der Waals surface area contributed by atoms with Crippen LogP contribution in [0.2, 0.25) is 0 Å². The molecule has 1 aromatic heterocycles. The monoisotopic (exact) mass is 758 g/mol. The largest absolute Gasteiger partial charge is 0.349 e. The second-order valence-corrected chi connectivity index (χ2v) is 16.0. The van der Waals surface area contributed by atoms with Gasteiger partial charge < -0.3 is 31.5 Å². The van der Waals surface area contributed by atoms with Gasteiger partial charge in [0, 0.05) is 37.1 Å². The van der Waals surface area contributed by atoms with E-state index < -0.39 is 70.8 Å². The summed E-state index contributed by atoms with van der Waals surface area (Å²) in [5, 5.41) is 14.2. The van der Waals surface area contributed by atoms with Crippen molar-refractivity contribution in [2.24, 2.45) is 17.3 Å². The van der Waals surface area contributed by atoms with Gasteiger partial charge in [-0.3, -0.25) is 38.5 Å². The number of rotatable bonds is 15. The Kier molecular flexibility index (Phi) is 13.7. The minimum Gasteiger partial charge on any atom is -0.349 e. The topological polar surface area (TPSA) is 209 Å². The summed E-state index contributed by atoms with van der Waals surface area (Å²) in [6, 6.07) is 4.50. The molecular formula is C40H54N8O7. The summed E-state index contributed by atoms with van der Waals surface area (Å²) < 4.78 is 0. The van der Waals surface area contributed by atoms with Crippen molar-refractivity contribution < 1.29 is 33.6 Å². The van der Waals surface area contributed by atoms with Crippen molar-refractivity contribution in [2.75, 3.05) is 13.1 Å². The number of carbonyl (C=O) groups excluding carboxylic acids is 7. The lowest BCUT2D eigenvalue weighted by atomic mass is 9.82. The highest BCUT2D eigenvalue weighted by Crippen LogP contribution is 2.29. The molecule has 5 N–H and O–H groups in total. The molecule has 5 rings (SSSR count). The Morgan fingerprint density at radius 1 is 0.836 bits per heavy atom. The molecule has 0 radical (unpaired) electrons. The van der Waals surface area contributed by atoms with Gasteiger partial charge in [-0.15, -0.1) is 0 Å². The highest BCUT2D eigenvalue weighted by atomic mass is 16.2. The van der Waals surface area contributed by atoms with Gasteiger partial charge in [-0.1, -0.05) is 71.6 Å². The van der Waals surface area contributed by atoms with Crippen molar-refractivity contribution >= 4 is 41.2 Å². The minimum absolute atomic E-state index is 0.0181. The third-order valence-corrected chi connectivity index (χ3v) is 10.5. The lowest BCUT2D eigenvalue weighted by Crippen LogP contribution is -2.61. The fourth-order valence-electron chi connectivity index (χ4n) is 7.29. The zero-order valence-corrected chi connectivity index (χ0v) is 32.1. The van der Waals surface area contributed by atoms with Crippen LogP contribution in [0.4, 0.5) is 0 Å². The van der Waals surface area contributed by atoms with Gasteiger partial charge in [0.1, 0.15) is 17.8 Å². The molecule has 6 amide bonds. The maximum Gasteiger partial charge on any atom is 0.289 e. The predicted octanol–water partition coefficient (Wildman–Crippen LogP) is 2.08. The molecule has 2 heterocycles. The zero-order chi connectivity index (χ0) is 39.7. The summed E-state index contributed by atoms with van der Waals surface area (Å²) in [5.41, 5.74) is -0.357. The number of likely N-dealkylation sites (tertiary alicyclic amines) is 1.